The number of carbonyl (C=O) groups is 2. The molecule has 3 rings (SSSR count). The number of thiophene rings is 1. The molecule has 0 bridgehead atoms. The number of benzene rings is 1. The lowest BCUT2D eigenvalue weighted by atomic mass is 9.78. The Bertz CT molecular complexity index is 1150. The number of allylic oxidation sites excluding steroid dienone is 3. The molecule has 2 unspecified atom stereocenters. The molecule has 5 nitrogen and oxygen atoms in total. The summed E-state index contributed by atoms with van der Waals surface area (Å²) in [7, 11) is 0. The second-order valence-electron chi connectivity index (χ2n) is 9.30. The van der Waals surface area contributed by atoms with Crippen LogP contribution in [0, 0.1) is 11.8 Å². The van der Waals surface area contributed by atoms with Crippen molar-refractivity contribution >= 4 is 23.2 Å². The summed E-state index contributed by atoms with van der Waals surface area (Å²) in [6.07, 6.45) is -0.911. The Labute approximate surface area is 212 Å². The Morgan fingerprint density at radius 3 is 2.36 bits per heavy atom. The van der Waals surface area contributed by atoms with E-state index in [1.165, 1.54) is 23.5 Å². The third-order valence-corrected chi connectivity index (χ3v) is 7.18. The quantitative estimate of drug-likeness (QED) is 0.375. The van der Waals surface area contributed by atoms with E-state index >= 15 is 0 Å². The second kappa shape index (κ2) is 11.3. The van der Waals surface area contributed by atoms with Crippen molar-refractivity contribution in [3.8, 4) is 0 Å². The molecule has 1 amide bonds. The molecule has 1 aromatic carbocycles. The van der Waals surface area contributed by atoms with Gasteiger partial charge in [0.15, 0.2) is 0 Å². The highest BCUT2D eigenvalue weighted by Gasteiger charge is 2.32. The number of carboxylic acids is 1. The van der Waals surface area contributed by atoms with Crippen LogP contribution in [0.15, 0.2) is 59.9 Å². The number of alkyl halides is 3. The van der Waals surface area contributed by atoms with Crippen LogP contribution in [-0.4, -0.2) is 23.5 Å². The van der Waals surface area contributed by atoms with Gasteiger partial charge in [-0.1, -0.05) is 38.5 Å². The average Bonchev–Trinajstić information content (AvgIpc) is 3.26. The molecule has 0 spiro atoms. The summed E-state index contributed by atoms with van der Waals surface area (Å²) < 4.78 is 45.2. The lowest BCUT2D eigenvalue weighted by molar-refractivity contribution is -0.138. The van der Waals surface area contributed by atoms with Crippen LogP contribution < -0.4 is 5.32 Å². The molecule has 0 radical (unpaired) electrons. The maximum absolute atomic E-state index is 12.9. The molecule has 2 N–H and O–H groups in total. The molecule has 0 fully saturated rings. The van der Waals surface area contributed by atoms with Crippen LogP contribution in [0.5, 0.6) is 0 Å². The highest BCUT2D eigenvalue weighted by molar-refractivity contribution is 7.14. The Morgan fingerprint density at radius 1 is 1.14 bits per heavy atom. The summed E-state index contributed by atoms with van der Waals surface area (Å²) in [5, 5.41) is 11.3. The molecular weight excluding hydrogens is 491 g/mol. The summed E-state index contributed by atoms with van der Waals surface area (Å²) in [5.41, 5.74) is 1.14. The van der Waals surface area contributed by atoms with Crippen molar-refractivity contribution in [2.24, 2.45) is 11.8 Å². The first-order chi connectivity index (χ1) is 16.9. The van der Waals surface area contributed by atoms with Gasteiger partial charge < -0.3 is 15.2 Å². The van der Waals surface area contributed by atoms with Crippen molar-refractivity contribution < 1.29 is 32.6 Å². The van der Waals surface area contributed by atoms with E-state index in [0.29, 0.717) is 10.6 Å². The van der Waals surface area contributed by atoms with E-state index < -0.39 is 17.7 Å². The number of rotatable bonds is 9. The van der Waals surface area contributed by atoms with Gasteiger partial charge in [-0.05, 0) is 60.7 Å². The van der Waals surface area contributed by atoms with Crippen molar-refractivity contribution in [3.05, 3.63) is 80.8 Å². The zero-order valence-corrected chi connectivity index (χ0v) is 21.4. The Balaban J connectivity index is 1.73. The van der Waals surface area contributed by atoms with Crippen LogP contribution in [-0.2, 0) is 15.7 Å². The molecule has 194 valence electrons. The van der Waals surface area contributed by atoms with Gasteiger partial charge in [0.1, 0.15) is 11.9 Å². The summed E-state index contributed by atoms with van der Waals surface area (Å²) in [5.74, 6) is -0.565. The van der Waals surface area contributed by atoms with Gasteiger partial charge >= 0.3 is 12.1 Å². The maximum atomic E-state index is 12.9. The predicted octanol–water partition coefficient (Wildman–Crippen LogP) is 6.95. The molecule has 36 heavy (non-hydrogen) atoms. The van der Waals surface area contributed by atoms with E-state index in [1.807, 2.05) is 45.9 Å². The molecule has 0 aliphatic heterocycles. The second-order valence-corrected chi connectivity index (χ2v) is 10.4. The monoisotopic (exact) mass is 521 g/mol. The molecule has 1 aliphatic carbocycles. The van der Waals surface area contributed by atoms with Crippen molar-refractivity contribution in [1.29, 1.82) is 0 Å². The zero-order valence-electron chi connectivity index (χ0n) is 20.6. The van der Waals surface area contributed by atoms with Crippen LogP contribution in [0.3, 0.4) is 0 Å². The predicted molar refractivity (Wildman–Crippen MR) is 133 cm³/mol. The van der Waals surface area contributed by atoms with Gasteiger partial charge in [0, 0.05) is 17.3 Å². The summed E-state index contributed by atoms with van der Waals surface area (Å²) in [4.78, 5) is 24.3. The fourth-order valence-corrected chi connectivity index (χ4v) is 5.45. The third kappa shape index (κ3) is 6.78. The smallest absolute Gasteiger partial charge is 0.416 e. The molecular formula is C27H30F3NO4S. The number of hydrogen-bond donors (Lipinski definition) is 2. The number of ether oxygens (including phenoxy) is 1. The zero-order chi connectivity index (χ0) is 26.6. The average molecular weight is 522 g/mol. The van der Waals surface area contributed by atoms with Crippen LogP contribution in [0.4, 0.5) is 13.2 Å². The Morgan fingerprint density at radius 2 is 1.81 bits per heavy atom. The fraction of sp³-hybridized carbons (Fsp3) is 0.407. The number of halogens is 3. The SMILES string of the molecule is CC1=CC(OC(c2ccc(C(=O)NCCC(=O)O)s2)C(C)C)=CC(C)[C@@H]1c1ccc(C(F)(F)F)cc1. The van der Waals surface area contributed by atoms with E-state index in [2.05, 4.69) is 5.32 Å². The summed E-state index contributed by atoms with van der Waals surface area (Å²) >= 11 is 1.30. The molecule has 9 heteroatoms. The topological polar surface area (TPSA) is 75.6 Å². The van der Waals surface area contributed by atoms with Crippen LogP contribution in [0.2, 0.25) is 0 Å². The molecule has 2 aromatic rings. The minimum absolute atomic E-state index is 0.00783. The minimum Gasteiger partial charge on any atom is -0.485 e. The summed E-state index contributed by atoms with van der Waals surface area (Å²) in [6, 6.07) is 8.85. The lowest BCUT2D eigenvalue weighted by Crippen LogP contribution is -2.25. The van der Waals surface area contributed by atoms with E-state index in [4.69, 9.17) is 9.84 Å². The molecule has 1 heterocycles. The number of aliphatic carboxylic acids is 1. The number of carboxylic acid groups (broad SMARTS) is 1. The van der Waals surface area contributed by atoms with Crippen LogP contribution in [0.25, 0.3) is 0 Å². The molecule has 1 aromatic heterocycles. The number of amides is 1. The van der Waals surface area contributed by atoms with Crippen molar-refractivity contribution in [2.75, 3.05) is 6.54 Å². The first-order valence-electron chi connectivity index (χ1n) is 11.7. The van der Waals surface area contributed by atoms with Crippen molar-refractivity contribution in [3.63, 3.8) is 0 Å². The highest BCUT2D eigenvalue weighted by atomic mass is 32.1. The summed E-state index contributed by atoms with van der Waals surface area (Å²) in [6.45, 7) is 8.05. The van der Waals surface area contributed by atoms with Crippen LogP contribution >= 0.6 is 11.3 Å². The number of hydrogen-bond acceptors (Lipinski definition) is 4. The lowest BCUT2D eigenvalue weighted by Gasteiger charge is -2.30. The Hall–Kier alpha value is -3.07. The van der Waals surface area contributed by atoms with Gasteiger partial charge in [0.25, 0.3) is 5.91 Å². The van der Waals surface area contributed by atoms with Crippen molar-refractivity contribution in [1.82, 2.24) is 5.32 Å². The molecule has 1 aliphatic rings. The molecule has 0 saturated carbocycles. The van der Waals surface area contributed by atoms with Gasteiger partial charge in [-0.2, -0.15) is 13.2 Å². The van der Waals surface area contributed by atoms with Gasteiger partial charge in [0.2, 0.25) is 0 Å². The largest absolute Gasteiger partial charge is 0.485 e. The number of nitrogens with one attached hydrogen (secondary N) is 1. The van der Waals surface area contributed by atoms with E-state index in [0.717, 1.165) is 28.1 Å². The van der Waals surface area contributed by atoms with Crippen molar-refractivity contribution in [2.45, 2.75) is 52.3 Å². The normalized spacial score (nSPS) is 18.9. The first kappa shape index (κ1) is 27.5. The maximum Gasteiger partial charge on any atom is 0.416 e. The third-order valence-electron chi connectivity index (χ3n) is 6.03. The standard InChI is InChI=1S/C27H30F3NO4S/c1-15(2)25(21-9-10-22(36-21)26(34)31-12-11-23(32)33)35-20-13-16(3)24(17(4)14-20)18-5-7-19(8-6-18)27(28,29)30/h5-10,13-16,24-25H,11-12H2,1-4H3,(H,31,34)(H,32,33)/t16?,24-,25?/m0/s1. The van der Waals surface area contributed by atoms with Gasteiger partial charge in [-0.15, -0.1) is 11.3 Å². The van der Waals surface area contributed by atoms with E-state index in [9.17, 15) is 22.8 Å². The van der Waals surface area contributed by atoms with Gasteiger partial charge in [-0.25, -0.2) is 0 Å². The number of carbonyl (C=O) groups excluding carboxylic acids is 1. The van der Waals surface area contributed by atoms with Gasteiger partial charge in [0.05, 0.1) is 16.9 Å². The molecule has 0 saturated heterocycles. The van der Waals surface area contributed by atoms with E-state index in [1.54, 1.807) is 6.07 Å². The molecule has 3 atom stereocenters. The minimum atomic E-state index is -4.37. The van der Waals surface area contributed by atoms with Gasteiger partial charge in [-0.3, -0.25) is 9.59 Å². The van der Waals surface area contributed by atoms with Crippen LogP contribution in [0.1, 0.15) is 71.8 Å². The first-order valence-corrected chi connectivity index (χ1v) is 12.5. The fourth-order valence-electron chi connectivity index (χ4n) is 4.32. The highest BCUT2D eigenvalue weighted by Crippen LogP contribution is 2.41. The Kier molecular flexibility index (Phi) is 8.66. The van der Waals surface area contributed by atoms with E-state index in [-0.39, 0.29) is 42.7 Å².